The van der Waals surface area contributed by atoms with Crippen LogP contribution in [0.3, 0.4) is 0 Å². The zero-order chi connectivity index (χ0) is 19.1. The first-order valence-corrected chi connectivity index (χ1v) is 7.23. The van der Waals surface area contributed by atoms with Crippen LogP contribution in [0.4, 0.5) is 17.6 Å². The Morgan fingerprint density at radius 1 is 1.23 bits per heavy atom. The highest BCUT2D eigenvalue weighted by atomic mass is 35.5. The first kappa shape index (κ1) is 17.8. The zero-order valence-corrected chi connectivity index (χ0v) is 13.3. The van der Waals surface area contributed by atoms with Crippen LogP contribution >= 0.6 is 11.6 Å². The van der Waals surface area contributed by atoms with Gasteiger partial charge in [0.05, 0.1) is 22.5 Å². The van der Waals surface area contributed by atoms with Crippen LogP contribution in [0.5, 0.6) is 0 Å². The van der Waals surface area contributed by atoms with Crippen LogP contribution < -0.4 is 0 Å². The van der Waals surface area contributed by atoms with Crippen molar-refractivity contribution in [2.24, 2.45) is 0 Å². The summed E-state index contributed by atoms with van der Waals surface area (Å²) in [6.07, 6.45) is -3.36. The summed E-state index contributed by atoms with van der Waals surface area (Å²) in [6.45, 7) is 0. The van der Waals surface area contributed by atoms with Crippen molar-refractivity contribution in [1.82, 2.24) is 19.7 Å². The molecule has 1 N–H and O–H groups in total. The predicted octanol–water partition coefficient (Wildman–Crippen LogP) is 3.84. The molecule has 3 aromatic heterocycles. The van der Waals surface area contributed by atoms with Gasteiger partial charge in [-0.2, -0.15) is 22.7 Å². The molecule has 26 heavy (non-hydrogen) atoms. The summed E-state index contributed by atoms with van der Waals surface area (Å²) in [7, 11) is 0. The molecular weight excluding hydrogens is 380 g/mol. The summed E-state index contributed by atoms with van der Waals surface area (Å²) >= 11 is 5.76. The number of carboxylic acids is 1. The first-order valence-electron chi connectivity index (χ1n) is 6.86. The van der Waals surface area contributed by atoms with Crippen molar-refractivity contribution in [1.29, 1.82) is 0 Å². The number of carbonyl (C=O) groups is 1. The number of aromatic carboxylic acids is 1. The smallest absolute Gasteiger partial charge is 0.434 e. The van der Waals surface area contributed by atoms with Gasteiger partial charge in [-0.05, 0) is 18.2 Å². The van der Waals surface area contributed by atoms with Crippen LogP contribution in [-0.2, 0) is 6.18 Å². The van der Waals surface area contributed by atoms with E-state index in [-0.39, 0.29) is 22.1 Å². The molecule has 0 aliphatic rings. The summed E-state index contributed by atoms with van der Waals surface area (Å²) in [6, 6.07) is 5.05. The second-order valence-electron chi connectivity index (χ2n) is 4.99. The minimum absolute atomic E-state index is 0.0458. The fourth-order valence-electron chi connectivity index (χ4n) is 2.24. The Labute approximate surface area is 147 Å². The van der Waals surface area contributed by atoms with Gasteiger partial charge in [-0.25, -0.2) is 19.4 Å². The van der Waals surface area contributed by atoms with Crippen LogP contribution in [-0.4, -0.2) is 30.8 Å². The molecule has 6 nitrogen and oxygen atoms in total. The summed E-state index contributed by atoms with van der Waals surface area (Å²) in [4.78, 5) is 18.4. The Bertz CT molecular complexity index is 1000. The van der Waals surface area contributed by atoms with Gasteiger partial charge in [-0.3, -0.25) is 0 Å². The van der Waals surface area contributed by atoms with Crippen molar-refractivity contribution in [2.45, 2.75) is 6.18 Å². The predicted molar refractivity (Wildman–Crippen MR) is 81.5 cm³/mol. The van der Waals surface area contributed by atoms with Gasteiger partial charge in [0.2, 0.25) is 5.95 Å². The molecule has 3 aromatic rings. The van der Waals surface area contributed by atoms with Gasteiger partial charge in [0.15, 0.2) is 11.5 Å². The largest absolute Gasteiger partial charge is 0.478 e. The quantitative estimate of drug-likeness (QED) is 0.546. The molecule has 0 radical (unpaired) electrons. The first-order chi connectivity index (χ1) is 12.2. The maximum atomic E-state index is 13.9. The molecule has 0 aromatic carbocycles. The summed E-state index contributed by atoms with van der Waals surface area (Å²) < 4.78 is 54.1. The lowest BCUT2D eigenvalue weighted by Gasteiger charge is -2.12. The number of pyridine rings is 2. The number of carboxylic acid groups (broad SMARTS) is 1. The van der Waals surface area contributed by atoms with E-state index >= 15 is 0 Å². The van der Waals surface area contributed by atoms with Gasteiger partial charge in [0, 0.05) is 6.20 Å². The van der Waals surface area contributed by atoms with Crippen LogP contribution in [0, 0.1) is 5.95 Å². The molecule has 0 bridgehead atoms. The number of nitrogens with zero attached hydrogens (tertiary/aromatic N) is 4. The van der Waals surface area contributed by atoms with Gasteiger partial charge < -0.3 is 5.11 Å². The zero-order valence-electron chi connectivity index (χ0n) is 12.5. The van der Waals surface area contributed by atoms with E-state index in [0.29, 0.717) is 10.9 Å². The number of alkyl halides is 3. The minimum Gasteiger partial charge on any atom is -0.478 e. The third-order valence-corrected chi connectivity index (χ3v) is 3.51. The van der Waals surface area contributed by atoms with Crippen molar-refractivity contribution in [3.05, 3.63) is 58.9 Å². The second kappa shape index (κ2) is 6.37. The number of halogens is 5. The fraction of sp³-hybridized carbons (Fsp3) is 0.0667. The van der Waals surface area contributed by atoms with E-state index in [1.807, 2.05) is 0 Å². The van der Waals surface area contributed by atoms with Crippen molar-refractivity contribution in [3.63, 3.8) is 0 Å². The van der Waals surface area contributed by atoms with E-state index in [2.05, 4.69) is 15.1 Å². The third-order valence-electron chi connectivity index (χ3n) is 3.30. The highest BCUT2D eigenvalue weighted by Gasteiger charge is 2.41. The Morgan fingerprint density at radius 3 is 2.62 bits per heavy atom. The third kappa shape index (κ3) is 3.23. The lowest BCUT2D eigenvalue weighted by Crippen LogP contribution is -2.18. The topological polar surface area (TPSA) is 80.9 Å². The van der Waals surface area contributed by atoms with E-state index in [1.54, 1.807) is 0 Å². The normalized spacial score (nSPS) is 11.6. The average Bonchev–Trinajstić information content (AvgIpc) is 3.03. The van der Waals surface area contributed by atoms with Gasteiger partial charge in [0.1, 0.15) is 5.56 Å². The standard InChI is InChI=1S/C15H7ClF4N4O2/c16-7-4-8(13(17)21-5-7)10-2-1-3-11(23-10)24-12(15(18,19)20)9(6-22-24)14(25)26/h1-6H,(H,25,26). The molecule has 0 saturated heterocycles. The van der Waals surface area contributed by atoms with Crippen molar-refractivity contribution >= 4 is 17.6 Å². The van der Waals surface area contributed by atoms with Gasteiger partial charge in [-0.15, -0.1) is 0 Å². The molecule has 0 amide bonds. The molecule has 3 heterocycles. The van der Waals surface area contributed by atoms with E-state index in [1.165, 1.54) is 24.3 Å². The average molecular weight is 387 g/mol. The molecule has 0 unspecified atom stereocenters. The molecule has 0 aliphatic heterocycles. The van der Waals surface area contributed by atoms with Crippen molar-refractivity contribution in [2.75, 3.05) is 0 Å². The van der Waals surface area contributed by atoms with Crippen LogP contribution in [0.1, 0.15) is 16.1 Å². The maximum Gasteiger partial charge on any atom is 0.434 e. The maximum absolute atomic E-state index is 13.9. The lowest BCUT2D eigenvalue weighted by atomic mass is 10.2. The highest BCUT2D eigenvalue weighted by molar-refractivity contribution is 6.30. The summed E-state index contributed by atoms with van der Waals surface area (Å²) in [5.74, 6) is -3.05. The molecule has 134 valence electrons. The molecule has 0 fully saturated rings. The van der Waals surface area contributed by atoms with Crippen LogP contribution in [0.25, 0.3) is 17.1 Å². The Kier molecular flexibility index (Phi) is 4.36. The number of hydrogen-bond donors (Lipinski definition) is 1. The summed E-state index contributed by atoms with van der Waals surface area (Å²) in [5.41, 5.74) is -2.70. The molecule has 0 aliphatic carbocycles. The van der Waals surface area contributed by atoms with Gasteiger partial charge in [-0.1, -0.05) is 17.7 Å². The van der Waals surface area contributed by atoms with Crippen molar-refractivity contribution in [3.8, 4) is 17.1 Å². The molecule has 3 rings (SSSR count). The SMILES string of the molecule is O=C(O)c1cnn(-c2cccc(-c3cc(Cl)cnc3F)n2)c1C(F)(F)F. The van der Waals surface area contributed by atoms with Gasteiger partial charge in [0.25, 0.3) is 0 Å². The Balaban J connectivity index is 2.18. The molecule has 0 atom stereocenters. The molecule has 11 heteroatoms. The van der Waals surface area contributed by atoms with Crippen LogP contribution in [0.2, 0.25) is 5.02 Å². The minimum atomic E-state index is -5.00. The van der Waals surface area contributed by atoms with E-state index in [4.69, 9.17) is 16.7 Å². The van der Waals surface area contributed by atoms with Crippen molar-refractivity contribution < 1.29 is 27.5 Å². The Hall–Kier alpha value is -3.01. The van der Waals surface area contributed by atoms with Gasteiger partial charge >= 0.3 is 12.1 Å². The van der Waals surface area contributed by atoms with E-state index in [0.717, 1.165) is 6.20 Å². The lowest BCUT2D eigenvalue weighted by molar-refractivity contribution is -0.143. The second-order valence-corrected chi connectivity index (χ2v) is 5.43. The molecular formula is C15H7ClF4N4O2. The highest BCUT2D eigenvalue weighted by Crippen LogP contribution is 2.33. The number of rotatable bonds is 3. The molecule has 0 spiro atoms. The monoisotopic (exact) mass is 386 g/mol. The van der Waals surface area contributed by atoms with E-state index in [9.17, 15) is 22.4 Å². The Morgan fingerprint density at radius 2 is 1.96 bits per heavy atom. The number of hydrogen-bond acceptors (Lipinski definition) is 4. The number of aromatic nitrogens is 4. The summed E-state index contributed by atoms with van der Waals surface area (Å²) in [5, 5.41) is 12.5. The van der Waals surface area contributed by atoms with Crippen LogP contribution in [0.15, 0.2) is 36.7 Å². The van der Waals surface area contributed by atoms with E-state index < -0.39 is 29.4 Å². The molecule has 0 saturated carbocycles. The fourth-order valence-corrected chi connectivity index (χ4v) is 2.40.